The van der Waals surface area contributed by atoms with Crippen LogP contribution in [0, 0.1) is 0 Å². The van der Waals surface area contributed by atoms with E-state index >= 15 is 0 Å². The minimum absolute atomic E-state index is 0.173. The van der Waals surface area contributed by atoms with Crippen LogP contribution in [0.1, 0.15) is 43.2 Å². The minimum Gasteiger partial charge on any atom is -0.455 e. The molecule has 1 fully saturated rings. The van der Waals surface area contributed by atoms with Crippen molar-refractivity contribution in [3.63, 3.8) is 0 Å². The highest BCUT2D eigenvalue weighted by Crippen LogP contribution is 2.56. The molecule has 4 heteroatoms. The molecule has 2 heterocycles. The fourth-order valence-electron chi connectivity index (χ4n) is 8.42. The van der Waals surface area contributed by atoms with Crippen LogP contribution in [0.3, 0.4) is 0 Å². The summed E-state index contributed by atoms with van der Waals surface area (Å²) in [4.78, 5) is 15.0. The average molecular weight is 632 g/mol. The van der Waals surface area contributed by atoms with E-state index in [1.807, 2.05) is 60.7 Å². The molecule has 0 bridgehead atoms. The van der Waals surface area contributed by atoms with Crippen LogP contribution in [0.25, 0.3) is 78.4 Å². The van der Waals surface area contributed by atoms with Gasteiger partial charge in [-0.15, -0.1) is 0 Å². The number of para-hydroxylation sites is 2. The van der Waals surface area contributed by atoms with Gasteiger partial charge in [-0.05, 0) is 64.4 Å². The molecule has 6 aromatic carbocycles. The lowest BCUT2D eigenvalue weighted by atomic mass is 9.68. The zero-order chi connectivity index (χ0) is 32.4. The number of rotatable bonds is 4. The highest BCUT2D eigenvalue weighted by atomic mass is 16.3. The molecular formula is C45H33N3O. The van der Waals surface area contributed by atoms with Crippen molar-refractivity contribution in [3.8, 4) is 56.4 Å². The van der Waals surface area contributed by atoms with Gasteiger partial charge in [0, 0.05) is 27.3 Å². The van der Waals surface area contributed by atoms with Crippen molar-refractivity contribution in [1.82, 2.24) is 15.0 Å². The molecule has 1 saturated carbocycles. The van der Waals surface area contributed by atoms with Gasteiger partial charge in [-0.3, -0.25) is 0 Å². The second-order valence-electron chi connectivity index (χ2n) is 13.5. The summed E-state index contributed by atoms with van der Waals surface area (Å²) >= 11 is 0. The lowest BCUT2D eigenvalue weighted by Gasteiger charge is -2.36. The number of hydrogen-bond acceptors (Lipinski definition) is 4. The highest BCUT2D eigenvalue weighted by Gasteiger charge is 2.43. The van der Waals surface area contributed by atoms with Gasteiger partial charge < -0.3 is 4.42 Å². The summed E-state index contributed by atoms with van der Waals surface area (Å²) in [6.07, 6.45) is 6.43. The predicted molar refractivity (Wildman–Crippen MR) is 198 cm³/mol. The van der Waals surface area contributed by atoms with E-state index in [1.54, 1.807) is 0 Å². The Labute approximate surface area is 285 Å². The number of nitrogens with zero attached hydrogens (tertiary/aromatic N) is 3. The van der Waals surface area contributed by atoms with E-state index in [0.29, 0.717) is 17.5 Å². The van der Waals surface area contributed by atoms with Gasteiger partial charge in [-0.25, -0.2) is 15.0 Å². The van der Waals surface area contributed by atoms with Gasteiger partial charge in [0.1, 0.15) is 11.2 Å². The second-order valence-corrected chi connectivity index (χ2v) is 13.5. The Bertz CT molecular complexity index is 2520. The van der Waals surface area contributed by atoms with E-state index < -0.39 is 0 Å². The fourth-order valence-corrected chi connectivity index (χ4v) is 8.42. The first kappa shape index (κ1) is 28.2. The van der Waals surface area contributed by atoms with Crippen molar-refractivity contribution >= 4 is 21.9 Å². The zero-order valence-electron chi connectivity index (χ0n) is 27.1. The lowest BCUT2D eigenvalue weighted by molar-refractivity contribution is 0.353. The van der Waals surface area contributed by atoms with E-state index in [2.05, 4.69) is 78.9 Å². The van der Waals surface area contributed by atoms with Crippen molar-refractivity contribution in [2.45, 2.75) is 37.5 Å². The Morgan fingerprint density at radius 1 is 0.429 bits per heavy atom. The average Bonchev–Trinajstić information content (AvgIpc) is 3.69. The van der Waals surface area contributed by atoms with E-state index in [1.165, 1.54) is 65.5 Å². The topological polar surface area (TPSA) is 51.8 Å². The summed E-state index contributed by atoms with van der Waals surface area (Å²) in [5.74, 6) is 1.85. The maximum atomic E-state index is 6.38. The number of hydrogen-bond donors (Lipinski definition) is 0. The van der Waals surface area contributed by atoms with E-state index in [9.17, 15) is 0 Å². The normalized spacial score (nSPS) is 14.7. The summed E-state index contributed by atoms with van der Waals surface area (Å²) in [5, 5.41) is 2.13. The Hall–Kier alpha value is -5.87. The first-order valence-electron chi connectivity index (χ1n) is 17.3. The van der Waals surface area contributed by atoms with Crippen LogP contribution in [0.5, 0.6) is 0 Å². The molecule has 4 nitrogen and oxygen atoms in total. The number of aromatic nitrogens is 3. The molecule has 2 aliphatic rings. The van der Waals surface area contributed by atoms with Crippen LogP contribution in [0.4, 0.5) is 0 Å². The molecule has 0 atom stereocenters. The van der Waals surface area contributed by atoms with E-state index in [0.717, 1.165) is 38.6 Å². The molecule has 0 amide bonds. The van der Waals surface area contributed by atoms with Crippen molar-refractivity contribution in [2.24, 2.45) is 0 Å². The minimum atomic E-state index is 0.173. The van der Waals surface area contributed by atoms with Crippen molar-refractivity contribution in [1.29, 1.82) is 0 Å². The fraction of sp³-hybridized carbons (Fsp3) is 0.133. The first-order valence-corrected chi connectivity index (χ1v) is 17.3. The molecule has 8 aromatic rings. The quantitative estimate of drug-likeness (QED) is 0.194. The smallest absolute Gasteiger partial charge is 0.167 e. The van der Waals surface area contributed by atoms with Crippen molar-refractivity contribution < 1.29 is 4.42 Å². The third-order valence-corrected chi connectivity index (χ3v) is 10.8. The van der Waals surface area contributed by atoms with Crippen molar-refractivity contribution in [2.75, 3.05) is 0 Å². The monoisotopic (exact) mass is 631 g/mol. The molecule has 0 unspecified atom stereocenters. The Morgan fingerprint density at radius 3 is 1.88 bits per heavy atom. The van der Waals surface area contributed by atoms with Crippen LogP contribution in [0.2, 0.25) is 0 Å². The van der Waals surface area contributed by atoms with Crippen LogP contribution in [0.15, 0.2) is 144 Å². The maximum absolute atomic E-state index is 6.38. The SMILES string of the molecule is c1ccc(-c2nc(-c3ccc(-c4ccc5c(c4)-c4ccccc4C54CCCCC4)cc3)nc(-c3cccc4c3oc3ccccc34)n2)cc1. The van der Waals surface area contributed by atoms with Gasteiger partial charge in [-0.2, -0.15) is 0 Å². The summed E-state index contributed by atoms with van der Waals surface area (Å²) in [6.45, 7) is 0. The predicted octanol–water partition coefficient (Wildman–Crippen LogP) is 11.7. The van der Waals surface area contributed by atoms with Crippen molar-refractivity contribution in [3.05, 3.63) is 151 Å². The molecule has 10 rings (SSSR count). The molecule has 0 saturated heterocycles. The lowest BCUT2D eigenvalue weighted by Crippen LogP contribution is -2.27. The van der Waals surface area contributed by atoms with Gasteiger partial charge in [0.2, 0.25) is 0 Å². The third kappa shape index (κ3) is 4.48. The summed E-state index contributed by atoms with van der Waals surface area (Å²) in [6, 6.07) is 49.3. The van der Waals surface area contributed by atoms with Gasteiger partial charge in [0.25, 0.3) is 0 Å². The Morgan fingerprint density at radius 2 is 1.04 bits per heavy atom. The van der Waals surface area contributed by atoms with Crippen LogP contribution in [-0.2, 0) is 5.41 Å². The highest BCUT2D eigenvalue weighted by molar-refractivity contribution is 6.09. The molecule has 1 spiro atoms. The number of furan rings is 1. The molecule has 0 aliphatic heterocycles. The molecule has 0 N–H and O–H groups in total. The van der Waals surface area contributed by atoms with E-state index in [4.69, 9.17) is 19.4 Å². The molecule has 2 aliphatic carbocycles. The molecule has 49 heavy (non-hydrogen) atoms. The first-order chi connectivity index (χ1) is 24.2. The van der Waals surface area contributed by atoms with Gasteiger partial charge in [0.15, 0.2) is 17.5 Å². The standard InChI is InChI=1S/C45H33N3O/c1-3-12-30(13-4-1)42-46-43(48-44(47-42)36-17-11-16-35-34-15-6-8-19-40(34)49-41(35)36)31-22-20-29(21-23-31)32-24-25-39-37(28-32)33-14-5-7-18-38(33)45(39)26-9-2-10-27-45/h1,3-8,11-25,28H,2,9-10,26-27H2. The second kappa shape index (κ2) is 11.1. The number of benzene rings is 6. The van der Waals surface area contributed by atoms with E-state index in [-0.39, 0.29) is 5.41 Å². The van der Waals surface area contributed by atoms with Crippen LogP contribution in [-0.4, -0.2) is 15.0 Å². The van der Waals surface area contributed by atoms with Crippen LogP contribution < -0.4 is 0 Å². The summed E-state index contributed by atoms with van der Waals surface area (Å²) in [7, 11) is 0. The molecular weight excluding hydrogens is 599 g/mol. The Balaban J connectivity index is 1.07. The van der Waals surface area contributed by atoms with Crippen LogP contribution >= 0.6 is 0 Å². The van der Waals surface area contributed by atoms with Gasteiger partial charge in [0.05, 0.1) is 5.56 Å². The molecule has 234 valence electrons. The molecule has 0 radical (unpaired) electrons. The maximum Gasteiger partial charge on any atom is 0.167 e. The molecule has 2 aromatic heterocycles. The third-order valence-electron chi connectivity index (χ3n) is 10.8. The zero-order valence-corrected chi connectivity index (χ0v) is 27.1. The summed E-state index contributed by atoms with van der Waals surface area (Å²) in [5.41, 5.74) is 12.8. The van der Waals surface area contributed by atoms with Gasteiger partial charge >= 0.3 is 0 Å². The number of fused-ring (bicyclic) bond motifs is 8. The largest absolute Gasteiger partial charge is 0.455 e. The van der Waals surface area contributed by atoms with Gasteiger partial charge in [-0.1, -0.05) is 141 Å². The Kier molecular flexibility index (Phi) is 6.38. The summed E-state index contributed by atoms with van der Waals surface area (Å²) < 4.78 is 6.38.